The highest BCUT2D eigenvalue weighted by Gasteiger charge is 2.47. The van der Waals surface area contributed by atoms with Crippen LogP contribution in [-0.4, -0.2) is 48.4 Å². The van der Waals surface area contributed by atoms with Crippen LogP contribution in [0.1, 0.15) is 34.4 Å². The Morgan fingerprint density at radius 1 is 1.21 bits per heavy atom. The predicted octanol–water partition coefficient (Wildman–Crippen LogP) is 3.27. The molecule has 3 rings (SSSR count). The minimum absolute atomic E-state index is 0.208. The summed E-state index contributed by atoms with van der Waals surface area (Å²) in [6.45, 7) is 0. The van der Waals surface area contributed by atoms with Crippen LogP contribution in [0.25, 0.3) is 0 Å². The fourth-order valence-corrected chi connectivity index (χ4v) is 3.24. The van der Waals surface area contributed by atoms with E-state index in [2.05, 4.69) is 10.4 Å². The normalized spacial score (nSPS) is 18.8. The van der Waals surface area contributed by atoms with E-state index in [9.17, 15) is 23.1 Å². The lowest BCUT2D eigenvalue weighted by molar-refractivity contribution is -0.173. The van der Waals surface area contributed by atoms with Crippen LogP contribution in [0.5, 0.6) is 17.2 Å². The molecule has 152 valence electrons. The lowest BCUT2D eigenvalue weighted by atomic mass is 9.96. The van der Waals surface area contributed by atoms with E-state index in [1.807, 2.05) is 0 Å². The second kappa shape index (κ2) is 7.13. The number of methoxy groups -OCH3 is 3. The average molecular weight is 401 g/mol. The summed E-state index contributed by atoms with van der Waals surface area (Å²) in [7, 11) is 4.20. The molecule has 11 heteroatoms. The van der Waals surface area contributed by atoms with Crippen LogP contribution < -0.4 is 19.5 Å². The maximum atomic E-state index is 13.6. The first-order valence-electron chi connectivity index (χ1n) is 8.15. The van der Waals surface area contributed by atoms with Gasteiger partial charge in [-0.25, -0.2) is 9.48 Å². The number of halogens is 3. The van der Waals surface area contributed by atoms with Gasteiger partial charge in [0.2, 0.25) is 5.75 Å². The van der Waals surface area contributed by atoms with Gasteiger partial charge in [0.05, 0.1) is 33.6 Å². The molecule has 28 heavy (non-hydrogen) atoms. The lowest BCUT2D eigenvalue weighted by Crippen LogP contribution is -2.36. The van der Waals surface area contributed by atoms with Crippen LogP contribution in [0.3, 0.4) is 0 Å². The fourth-order valence-electron chi connectivity index (χ4n) is 3.24. The van der Waals surface area contributed by atoms with Crippen molar-refractivity contribution in [3.8, 4) is 17.2 Å². The number of nitrogens with zero attached hydrogens (tertiary/aromatic N) is 2. The SMILES string of the molecule is COc1cc([C@H]2C[C@H](C(F)(F)F)n3ncc(C(=O)O)c3N2)cc(OC)c1OC. The van der Waals surface area contributed by atoms with Gasteiger partial charge < -0.3 is 24.6 Å². The number of alkyl halides is 3. The molecule has 0 fully saturated rings. The average Bonchev–Trinajstić information content (AvgIpc) is 3.09. The molecule has 0 spiro atoms. The van der Waals surface area contributed by atoms with Crippen molar-refractivity contribution in [3.63, 3.8) is 0 Å². The van der Waals surface area contributed by atoms with Gasteiger partial charge in [-0.2, -0.15) is 18.3 Å². The van der Waals surface area contributed by atoms with Crippen LogP contribution in [0, 0.1) is 0 Å². The van der Waals surface area contributed by atoms with Gasteiger partial charge in [0, 0.05) is 6.42 Å². The number of benzene rings is 1. The summed E-state index contributed by atoms with van der Waals surface area (Å²) in [5, 5.41) is 15.8. The molecular formula is C17H18F3N3O5. The number of fused-ring (bicyclic) bond motifs is 1. The number of carboxylic acids is 1. The highest BCUT2D eigenvalue weighted by molar-refractivity contribution is 5.93. The van der Waals surface area contributed by atoms with Crippen molar-refractivity contribution in [2.45, 2.75) is 24.7 Å². The molecule has 2 heterocycles. The van der Waals surface area contributed by atoms with Gasteiger partial charge in [0.25, 0.3) is 0 Å². The van der Waals surface area contributed by atoms with Gasteiger partial charge in [0.15, 0.2) is 17.5 Å². The van der Waals surface area contributed by atoms with Crippen LogP contribution in [0.2, 0.25) is 0 Å². The van der Waals surface area contributed by atoms with E-state index in [0.717, 1.165) is 6.20 Å². The summed E-state index contributed by atoms with van der Waals surface area (Å²) in [6.07, 6.45) is -4.10. The Labute approximate surface area is 157 Å². The van der Waals surface area contributed by atoms with E-state index in [-0.39, 0.29) is 22.9 Å². The minimum atomic E-state index is -4.61. The van der Waals surface area contributed by atoms with Crippen molar-refractivity contribution in [3.05, 3.63) is 29.5 Å². The number of carbonyl (C=O) groups is 1. The van der Waals surface area contributed by atoms with E-state index in [4.69, 9.17) is 14.2 Å². The molecule has 2 aromatic rings. The summed E-state index contributed by atoms with van der Waals surface area (Å²) in [6, 6.07) is 0.210. The number of hydrogen-bond donors (Lipinski definition) is 2. The maximum absolute atomic E-state index is 13.6. The van der Waals surface area contributed by atoms with Crippen LogP contribution in [-0.2, 0) is 0 Å². The maximum Gasteiger partial charge on any atom is 0.410 e. The zero-order valence-electron chi connectivity index (χ0n) is 15.2. The molecule has 2 N–H and O–H groups in total. The van der Waals surface area contributed by atoms with E-state index >= 15 is 0 Å². The first-order valence-corrected chi connectivity index (χ1v) is 8.15. The van der Waals surface area contributed by atoms with Gasteiger partial charge >= 0.3 is 12.1 Å². The Hall–Kier alpha value is -3.11. The van der Waals surface area contributed by atoms with Gasteiger partial charge in [-0.3, -0.25) is 0 Å². The van der Waals surface area contributed by atoms with E-state index in [1.165, 1.54) is 33.5 Å². The number of hydrogen-bond acceptors (Lipinski definition) is 6. The molecule has 2 atom stereocenters. The molecule has 0 amide bonds. The number of anilines is 1. The Balaban J connectivity index is 2.11. The number of nitrogens with one attached hydrogen (secondary N) is 1. The summed E-state index contributed by atoms with van der Waals surface area (Å²) >= 11 is 0. The van der Waals surface area contributed by atoms with Crippen LogP contribution in [0.15, 0.2) is 18.3 Å². The number of ether oxygens (including phenoxy) is 3. The van der Waals surface area contributed by atoms with Gasteiger partial charge in [-0.05, 0) is 17.7 Å². The number of rotatable bonds is 5. The summed E-state index contributed by atoms with van der Waals surface area (Å²) in [5.74, 6) is -0.729. The topological polar surface area (TPSA) is 94.8 Å². The first kappa shape index (κ1) is 19.6. The van der Waals surface area contributed by atoms with Crippen molar-refractivity contribution in [2.75, 3.05) is 26.6 Å². The molecule has 1 aliphatic heterocycles. The molecule has 0 saturated heterocycles. The largest absolute Gasteiger partial charge is 0.493 e. The smallest absolute Gasteiger partial charge is 0.410 e. The summed E-state index contributed by atoms with van der Waals surface area (Å²) in [4.78, 5) is 11.4. The van der Waals surface area contributed by atoms with Crippen LogP contribution >= 0.6 is 0 Å². The Morgan fingerprint density at radius 3 is 2.29 bits per heavy atom. The minimum Gasteiger partial charge on any atom is -0.493 e. The van der Waals surface area contributed by atoms with Crippen molar-refractivity contribution in [1.82, 2.24) is 9.78 Å². The van der Waals surface area contributed by atoms with Crippen molar-refractivity contribution >= 4 is 11.8 Å². The molecular weight excluding hydrogens is 383 g/mol. The van der Waals surface area contributed by atoms with Gasteiger partial charge in [-0.15, -0.1) is 0 Å². The lowest BCUT2D eigenvalue weighted by Gasteiger charge is -2.34. The number of carboxylic acid groups (broad SMARTS) is 1. The number of aromatic nitrogens is 2. The second-order valence-electron chi connectivity index (χ2n) is 6.11. The van der Waals surface area contributed by atoms with Gasteiger partial charge in [0.1, 0.15) is 11.4 Å². The molecule has 0 unspecified atom stereocenters. The highest BCUT2D eigenvalue weighted by Crippen LogP contribution is 2.47. The van der Waals surface area contributed by atoms with Gasteiger partial charge in [-0.1, -0.05) is 0 Å². The van der Waals surface area contributed by atoms with E-state index in [1.54, 1.807) is 0 Å². The predicted molar refractivity (Wildman–Crippen MR) is 91.4 cm³/mol. The van der Waals surface area contributed by atoms with E-state index in [0.29, 0.717) is 16.0 Å². The third kappa shape index (κ3) is 3.27. The molecule has 1 aliphatic rings. The molecule has 1 aromatic carbocycles. The fraction of sp³-hybridized carbons (Fsp3) is 0.412. The standard InChI is InChI=1S/C17H18F3N3O5/c1-26-11-4-8(5-12(27-2)14(11)28-3)10-6-13(17(18,19)20)23-15(22-10)9(7-21-23)16(24)25/h4-5,7,10,13,22H,6H2,1-3H3,(H,24,25)/t10-,13-/m1/s1. The van der Waals surface area contributed by atoms with E-state index < -0.39 is 30.7 Å². The summed E-state index contributed by atoms with van der Waals surface area (Å²) in [5.41, 5.74) is 0.0823. The Bertz CT molecular complexity index is 872. The first-order chi connectivity index (χ1) is 13.2. The zero-order valence-corrected chi connectivity index (χ0v) is 15.2. The summed E-state index contributed by atoms with van der Waals surface area (Å²) < 4.78 is 57.3. The molecule has 1 aromatic heterocycles. The molecule has 0 radical (unpaired) electrons. The van der Waals surface area contributed by atoms with Crippen molar-refractivity contribution in [2.24, 2.45) is 0 Å². The monoisotopic (exact) mass is 401 g/mol. The van der Waals surface area contributed by atoms with Crippen molar-refractivity contribution < 1.29 is 37.3 Å². The second-order valence-corrected chi connectivity index (χ2v) is 6.11. The van der Waals surface area contributed by atoms with Crippen LogP contribution in [0.4, 0.5) is 19.0 Å². The van der Waals surface area contributed by atoms with Crippen molar-refractivity contribution in [1.29, 1.82) is 0 Å². The third-order valence-corrected chi connectivity index (χ3v) is 4.56. The Kier molecular flexibility index (Phi) is 5.01. The zero-order chi connectivity index (χ0) is 20.6. The molecule has 0 aliphatic carbocycles. The molecule has 0 saturated carbocycles. The quantitative estimate of drug-likeness (QED) is 0.794. The highest BCUT2D eigenvalue weighted by atomic mass is 19.4. The third-order valence-electron chi connectivity index (χ3n) is 4.56. The molecule has 0 bridgehead atoms. The Morgan fingerprint density at radius 2 is 1.82 bits per heavy atom. The molecule has 8 nitrogen and oxygen atoms in total. The number of aromatic carboxylic acids is 1.